The lowest BCUT2D eigenvalue weighted by Gasteiger charge is -2.50. The number of carbonyl (C=O) groups is 2. The lowest BCUT2D eigenvalue weighted by atomic mass is 9.61. The Hall–Kier alpha value is -4.84. The molecule has 4 aliphatic rings. The Kier molecular flexibility index (Phi) is 16.4. The van der Waals surface area contributed by atoms with Crippen LogP contribution in [0, 0.1) is 23.7 Å². The molecule has 0 amide bonds. The maximum atomic E-state index is 13.4. The Balaban J connectivity index is 0.960. The summed E-state index contributed by atoms with van der Waals surface area (Å²) < 4.78 is 5.31. The summed E-state index contributed by atoms with van der Waals surface area (Å²) in [6, 6.07) is 22.8. The van der Waals surface area contributed by atoms with Crippen LogP contribution in [0.5, 0.6) is 11.5 Å². The minimum absolute atomic E-state index is 0.0185. The lowest BCUT2D eigenvalue weighted by molar-refractivity contribution is -0.124. The first-order valence-corrected chi connectivity index (χ1v) is 22.9. The SMILES string of the molecule is NC1C=C(CCc2cccc(CCc3ccccc3)c2)C(Cc2cc(O)c(OCO)cc2/C(=C/C(=O)CC(=O)CCCCC[C@H]2[C@H]3CCNC[C@@H]3C[C@@H]3C=CCN[C@H]23)CO)=CN1. The fourth-order valence-corrected chi connectivity index (χ4v) is 10.5. The lowest BCUT2D eigenvalue weighted by Crippen LogP contribution is -2.55. The molecule has 62 heavy (non-hydrogen) atoms. The Bertz CT molecular complexity index is 2110. The smallest absolute Gasteiger partial charge is 0.186 e. The minimum atomic E-state index is -0.667. The van der Waals surface area contributed by atoms with Crippen LogP contribution >= 0.6 is 0 Å². The molecule has 3 aliphatic heterocycles. The molecule has 330 valence electrons. The van der Waals surface area contributed by atoms with Gasteiger partial charge in [0.2, 0.25) is 0 Å². The van der Waals surface area contributed by atoms with E-state index in [0.717, 1.165) is 94.0 Å². The molecule has 2 fully saturated rings. The summed E-state index contributed by atoms with van der Waals surface area (Å²) in [6.45, 7) is 2.02. The predicted molar refractivity (Wildman–Crippen MR) is 245 cm³/mol. The van der Waals surface area contributed by atoms with E-state index in [1.54, 1.807) is 6.07 Å². The number of benzene rings is 3. The number of hydrogen-bond acceptors (Lipinski definition) is 10. The molecule has 10 heteroatoms. The number of hydrogen-bond donors (Lipinski definition) is 7. The van der Waals surface area contributed by atoms with Crippen LogP contribution in [0.4, 0.5) is 0 Å². The summed E-state index contributed by atoms with van der Waals surface area (Å²) in [5.74, 6) is 2.09. The Labute approximate surface area is 367 Å². The number of rotatable bonds is 21. The molecule has 10 nitrogen and oxygen atoms in total. The molecule has 0 aromatic heterocycles. The zero-order valence-corrected chi connectivity index (χ0v) is 36.1. The predicted octanol–water partition coefficient (Wildman–Crippen LogP) is 6.62. The number of nitrogens with two attached hydrogens (primary N) is 1. The zero-order chi connectivity index (χ0) is 43.3. The molecular formula is C52H66N4O6. The Morgan fingerprint density at radius 2 is 1.69 bits per heavy atom. The van der Waals surface area contributed by atoms with Crippen molar-refractivity contribution in [2.75, 3.05) is 33.0 Å². The van der Waals surface area contributed by atoms with Crippen molar-refractivity contribution >= 4 is 17.1 Å². The summed E-state index contributed by atoms with van der Waals surface area (Å²) in [5.41, 5.74) is 13.6. The molecule has 0 bridgehead atoms. The van der Waals surface area contributed by atoms with Crippen molar-refractivity contribution in [3.05, 3.63) is 136 Å². The molecule has 3 aromatic rings. The third kappa shape index (κ3) is 12.2. The largest absolute Gasteiger partial charge is 0.504 e. The molecule has 8 N–H and O–H groups in total. The number of fused-ring (bicyclic) bond motifs is 2. The number of aryl methyl sites for hydroxylation is 3. The van der Waals surface area contributed by atoms with Crippen molar-refractivity contribution in [3.8, 4) is 11.5 Å². The number of nitrogens with one attached hydrogen (secondary N) is 3. The van der Waals surface area contributed by atoms with E-state index >= 15 is 0 Å². The number of dihydropyridines is 1. The molecule has 1 unspecified atom stereocenters. The molecule has 1 saturated heterocycles. The topological polar surface area (TPSA) is 166 Å². The van der Waals surface area contributed by atoms with Gasteiger partial charge in [-0.15, -0.1) is 0 Å². The molecule has 6 atom stereocenters. The van der Waals surface area contributed by atoms with Crippen LogP contribution in [0.1, 0.15) is 85.6 Å². The summed E-state index contributed by atoms with van der Waals surface area (Å²) in [4.78, 5) is 26.5. The van der Waals surface area contributed by atoms with Crippen molar-refractivity contribution < 1.29 is 29.6 Å². The molecule has 1 saturated carbocycles. The normalized spacial score (nSPS) is 23.4. The van der Waals surface area contributed by atoms with Gasteiger partial charge in [-0.3, -0.25) is 9.59 Å². The van der Waals surface area contributed by atoms with Crippen molar-refractivity contribution in [3.63, 3.8) is 0 Å². The van der Waals surface area contributed by atoms with Crippen LogP contribution in [-0.4, -0.2) is 72.1 Å². The number of Topliss-reactive ketones (excluding diaryl/α,β-unsaturated/α-hetero) is 1. The van der Waals surface area contributed by atoms with E-state index in [2.05, 4.69) is 76.6 Å². The van der Waals surface area contributed by atoms with Crippen LogP contribution in [0.2, 0.25) is 0 Å². The van der Waals surface area contributed by atoms with Gasteiger partial charge in [-0.1, -0.05) is 79.6 Å². The number of allylic oxidation sites excluding steroid dienone is 3. The number of piperidine rings is 1. The number of aliphatic hydroxyl groups is 2. The molecule has 7 rings (SSSR count). The van der Waals surface area contributed by atoms with Crippen LogP contribution in [0.15, 0.2) is 108 Å². The number of ether oxygens (including phenoxy) is 1. The first-order valence-electron chi connectivity index (χ1n) is 22.9. The highest BCUT2D eigenvalue weighted by Gasteiger charge is 2.44. The molecule has 0 spiro atoms. The third-order valence-electron chi connectivity index (χ3n) is 13.5. The van der Waals surface area contributed by atoms with Gasteiger partial charge in [-0.25, -0.2) is 0 Å². The van der Waals surface area contributed by atoms with Crippen molar-refractivity contribution in [1.82, 2.24) is 16.0 Å². The fraction of sp³-hybridized carbons (Fsp3) is 0.462. The zero-order valence-electron chi connectivity index (χ0n) is 36.1. The molecule has 3 aromatic carbocycles. The number of phenols is 1. The second-order valence-electron chi connectivity index (χ2n) is 17.7. The van der Waals surface area contributed by atoms with Crippen LogP contribution in [0.25, 0.3) is 5.57 Å². The van der Waals surface area contributed by atoms with E-state index < -0.39 is 13.4 Å². The van der Waals surface area contributed by atoms with Crippen molar-refractivity contribution in [1.29, 1.82) is 0 Å². The van der Waals surface area contributed by atoms with Crippen LogP contribution < -0.4 is 26.4 Å². The highest BCUT2D eigenvalue weighted by molar-refractivity contribution is 6.07. The second kappa shape index (κ2) is 22.5. The second-order valence-corrected chi connectivity index (χ2v) is 17.7. The van der Waals surface area contributed by atoms with E-state index in [1.165, 1.54) is 41.7 Å². The number of phenolic OH excluding ortho intramolecular Hbond substituents is 1. The van der Waals surface area contributed by atoms with Gasteiger partial charge in [-0.05, 0) is 163 Å². The average molecular weight is 843 g/mol. The maximum absolute atomic E-state index is 13.4. The summed E-state index contributed by atoms with van der Waals surface area (Å²) in [6.07, 6.45) is 19.9. The van der Waals surface area contributed by atoms with Crippen molar-refractivity contribution in [2.45, 2.75) is 95.7 Å². The summed E-state index contributed by atoms with van der Waals surface area (Å²) in [5, 5.41) is 41.7. The van der Waals surface area contributed by atoms with E-state index in [4.69, 9.17) is 10.5 Å². The summed E-state index contributed by atoms with van der Waals surface area (Å²) >= 11 is 0. The number of unbranched alkanes of at least 4 members (excludes halogenated alkanes) is 2. The first-order chi connectivity index (χ1) is 30.3. The van der Waals surface area contributed by atoms with E-state index in [9.17, 15) is 24.9 Å². The van der Waals surface area contributed by atoms with Gasteiger partial charge in [0, 0.05) is 25.2 Å². The Morgan fingerprint density at radius 3 is 2.50 bits per heavy atom. The quantitative estimate of drug-likeness (QED) is 0.0204. The molecule has 0 radical (unpaired) electrons. The van der Waals surface area contributed by atoms with Gasteiger partial charge < -0.3 is 41.7 Å². The van der Waals surface area contributed by atoms with E-state index in [-0.39, 0.29) is 35.7 Å². The van der Waals surface area contributed by atoms with Gasteiger partial charge >= 0.3 is 0 Å². The number of carbonyl (C=O) groups excluding carboxylic acids is 2. The van der Waals surface area contributed by atoms with Crippen LogP contribution in [-0.2, 0) is 35.3 Å². The molecule has 3 heterocycles. The monoisotopic (exact) mass is 842 g/mol. The molecular weight excluding hydrogens is 777 g/mol. The van der Waals surface area contributed by atoms with E-state index in [1.807, 2.05) is 18.3 Å². The maximum Gasteiger partial charge on any atom is 0.186 e. The standard InChI is InChI=1S/C52H66N4O6/c53-51-28-38(19-18-37-12-7-11-36(23-37)17-16-35-9-3-1-4-10-35)41(32-56-51)25-40-27-49(61)50(62-34-58)30-48(40)43(33-57)26-45(60)29-44(59)14-5-2-6-15-47-46-20-22-54-31-42(46)24-39-13-8-21-55-52(39)47/h1,3-4,7-13,23,26-28,30,32,39,42,46-47,51-52,54-58,61H,2,5-6,14-22,24-25,29,31,33-34,53H2/b43-26+/t39-,42-,46-,47-,51?,52-/m0/s1. The fourth-order valence-electron chi connectivity index (χ4n) is 10.5. The Morgan fingerprint density at radius 1 is 0.903 bits per heavy atom. The number of aliphatic hydroxyl groups excluding tert-OH is 2. The van der Waals surface area contributed by atoms with Crippen LogP contribution in [0.3, 0.4) is 0 Å². The first kappa shape index (κ1) is 45.2. The average Bonchev–Trinajstić information content (AvgIpc) is 3.28. The highest BCUT2D eigenvalue weighted by Crippen LogP contribution is 2.45. The minimum Gasteiger partial charge on any atom is -0.504 e. The number of ketones is 2. The van der Waals surface area contributed by atoms with Gasteiger partial charge in [0.25, 0.3) is 0 Å². The van der Waals surface area contributed by atoms with Gasteiger partial charge in [-0.2, -0.15) is 0 Å². The van der Waals surface area contributed by atoms with Gasteiger partial charge in [0.15, 0.2) is 24.1 Å². The third-order valence-corrected chi connectivity index (χ3v) is 13.5. The number of aromatic hydroxyl groups is 1. The summed E-state index contributed by atoms with van der Waals surface area (Å²) in [7, 11) is 0. The highest BCUT2D eigenvalue weighted by atomic mass is 16.6. The van der Waals surface area contributed by atoms with Gasteiger partial charge in [0.1, 0.15) is 5.78 Å². The molecule has 1 aliphatic carbocycles. The van der Waals surface area contributed by atoms with E-state index in [0.29, 0.717) is 47.4 Å². The van der Waals surface area contributed by atoms with Crippen molar-refractivity contribution in [2.24, 2.45) is 29.4 Å². The van der Waals surface area contributed by atoms with Gasteiger partial charge in [0.05, 0.1) is 19.2 Å².